The minimum Gasteiger partial charge on any atom is -0.461 e. The summed E-state index contributed by atoms with van der Waals surface area (Å²) in [4.78, 5) is 11.8. The monoisotopic (exact) mass is 236 g/mol. The molecule has 2 aromatic carbocycles. The molecular formula is C16H12O2. The molecule has 0 radical (unpaired) electrons. The van der Waals surface area contributed by atoms with E-state index in [4.69, 9.17) is 4.74 Å². The second-order valence-electron chi connectivity index (χ2n) is 4.87. The number of allylic oxidation sites excluding steroid dienone is 2. The van der Waals surface area contributed by atoms with Gasteiger partial charge in [0.05, 0.1) is 0 Å². The molecule has 2 aliphatic rings. The third kappa shape index (κ3) is 1.26. The first-order valence-electron chi connectivity index (χ1n) is 6.26. The molecule has 18 heavy (non-hydrogen) atoms. The van der Waals surface area contributed by atoms with E-state index in [-0.39, 0.29) is 5.78 Å². The molecule has 0 N–H and O–H groups in total. The molecule has 4 rings (SSSR count). The molecule has 2 heteroatoms. The molecule has 1 aliphatic heterocycles. The molecule has 1 aliphatic carbocycles. The first-order valence-corrected chi connectivity index (χ1v) is 6.26. The highest BCUT2D eigenvalue weighted by Crippen LogP contribution is 2.39. The van der Waals surface area contributed by atoms with Crippen molar-refractivity contribution in [3.8, 4) is 5.75 Å². The minimum absolute atomic E-state index is 0.253. The van der Waals surface area contributed by atoms with Gasteiger partial charge in [0.15, 0.2) is 5.78 Å². The summed E-state index contributed by atoms with van der Waals surface area (Å²) in [6.07, 6.45) is 2.10. The highest BCUT2D eigenvalue weighted by molar-refractivity contribution is 6.00. The van der Waals surface area contributed by atoms with E-state index in [2.05, 4.69) is 18.2 Å². The number of rotatable bonds is 0. The van der Waals surface area contributed by atoms with Crippen molar-refractivity contribution in [3.05, 3.63) is 53.3 Å². The predicted octanol–water partition coefficient (Wildman–Crippen LogP) is 3.39. The first-order chi connectivity index (χ1) is 8.83. The average molecular weight is 236 g/mol. The number of fused-ring (bicyclic) bond motifs is 3. The van der Waals surface area contributed by atoms with E-state index in [1.165, 1.54) is 10.8 Å². The van der Waals surface area contributed by atoms with Crippen LogP contribution in [-0.4, -0.2) is 5.78 Å². The number of Topliss-reactive ketones (excluding diaryl/α,β-unsaturated/α-hetero) is 1. The standard InChI is InChI=1S/C16H12O2/c17-14-6-8-16-13(14)9-12-11-4-2-1-3-10(11)5-7-15(12)18-16/h1-5,7H,6,8-9H2. The maximum atomic E-state index is 11.8. The molecule has 0 saturated carbocycles. The maximum Gasteiger partial charge on any atom is 0.163 e. The SMILES string of the molecule is O=C1CCC2=C1Cc1c(ccc3ccccc13)O2. The molecule has 2 nitrogen and oxygen atoms in total. The summed E-state index contributed by atoms with van der Waals surface area (Å²) >= 11 is 0. The zero-order valence-corrected chi connectivity index (χ0v) is 9.90. The van der Waals surface area contributed by atoms with Crippen molar-refractivity contribution in [2.75, 3.05) is 0 Å². The van der Waals surface area contributed by atoms with Gasteiger partial charge in [0.1, 0.15) is 11.5 Å². The van der Waals surface area contributed by atoms with Gasteiger partial charge >= 0.3 is 0 Å². The number of ether oxygens (including phenoxy) is 1. The summed E-state index contributed by atoms with van der Waals surface area (Å²) in [5, 5.41) is 2.40. The highest BCUT2D eigenvalue weighted by atomic mass is 16.5. The summed E-state index contributed by atoms with van der Waals surface area (Å²) in [6, 6.07) is 12.4. The van der Waals surface area contributed by atoms with Gasteiger partial charge in [0.25, 0.3) is 0 Å². The van der Waals surface area contributed by atoms with Crippen LogP contribution in [0.5, 0.6) is 5.75 Å². The van der Waals surface area contributed by atoms with Crippen LogP contribution in [0.3, 0.4) is 0 Å². The molecular weight excluding hydrogens is 224 g/mol. The quantitative estimate of drug-likeness (QED) is 0.700. The summed E-state index contributed by atoms with van der Waals surface area (Å²) in [7, 11) is 0. The Morgan fingerprint density at radius 1 is 1.00 bits per heavy atom. The third-order valence-electron chi connectivity index (χ3n) is 3.84. The van der Waals surface area contributed by atoms with Gasteiger partial charge in [-0.1, -0.05) is 30.3 Å². The first kappa shape index (κ1) is 9.89. The fourth-order valence-electron chi connectivity index (χ4n) is 2.90. The van der Waals surface area contributed by atoms with Gasteiger partial charge in [-0.05, 0) is 16.8 Å². The molecule has 0 fully saturated rings. The number of carbonyl (C=O) groups excluding carboxylic acids is 1. The Labute approximate surface area is 105 Å². The fourth-order valence-corrected chi connectivity index (χ4v) is 2.90. The molecule has 2 aromatic rings. The molecule has 0 aromatic heterocycles. The van der Waals surface area contributed by atoms with Crippen molar-refractivity contribution in [1.82, 2.24) is 0 Å². The summed E-state index contributed by atoms with van der Waals surface area (Å²) in [5.41, 5.74) is 2.04. The van der Waals surface area contributed by atoms with Crippen molar-refractivity contribution in [2.24, 2.45) is 0 Å². The molecule has 1 heterocycles. The molecule has 0 saturated heterocycles. The lowest BCUT2D eigenvalue weighted by Crippen LogP contribution is -2.10. The molecule has 0 amide bonds. The fraction of sp³-hybridized carbons (Fsp3) is 0.188. The predicted molar refractivity (Wildman–Crippen MR) is 69.5 cm³/mol. The number of ketones is 1. The molecule has 88 valence electrons. The number of carbonyl (C=O) groups is 1. The van der Waals surface area contributed by atoms with Crippen LogP contribution in [0.2, 0.25) is 0 Å². The van der Waals surface area contributed by atoms with Crippen LogP contribution in [0.1, 0.15) is 18.4 Å². The highest BCUT2D eigenvalue weighted by Gasteiger charge is 2.30. The van der Waals surface area contributed by atoms with E-state index in [1.54, 1.807) is 0 Å². The Morgan fingerprint density at radius 3 is 2.83 bits per heavy atom. The van der Waals surface area contributed by atoms with Crippen LogP contribution in [-0.2, 0) is 11.2 Å². The van der Waals surface area contributed by atoms with E-state index in [9.17, 15) is 4.79 Å². The van der Waals surface area contributed by atoms with Crippen LogP contribution in [0.15, 0.2) is 47.7 Å². The van der Waals surface area contributed by atoms with Crippen molar-refractivity contribution < 1.29 is 9.53 Å². The summed E-state index contributed by atoms with van der Waals surface area (Å²) < 4.78 is 5.89. The minimum atomic E-state index is 0.253. The number of benzene rings is 2. The lowest BCUT2D eigenvalue weighted by molar-refractivity contribution is -0.115. The second kappa shape index (κ2) is 3.45. The van der Waals surface area contributed by atoms with E-state index >= 15 is 0 Å². The van der Waals surface area contributed by atoms with Gasteiger partial charge in [0, 0.05) is 30.4 Å². The Hall–Kier alpha value is -2.09. The molecule has 0 spiro atoms. The van der Waals surface area contributed by atoms with Crippen molar-refractivity contribution in [2.45, 2.75) is 19.3 Å². The van der Waals surface area contributed by atoms with E-state index in [0.717, 1.165) is 35.5 Å². The maximum absolute atomic E-state index is 11.8. The lowest BCUT2D eigenvalue weighted by atomic mass is 9.95. The number of hydrogen-bond acceptors (Lipinski definition) is 2. The van der Waals surface area contributed by atoms with Gasteiger partial charge in [-0.3, -0.25) is 4.79 Å². The smallest absolute Gasteiger partial charge is 0.163 e. The Bertz CT molecular complexity index is 710. The van der Waals surface area contributed by atoms with Gasteiger partial charge in [-0.25, -0.2) is 0 Å². The lowest BCUT2D eigenvalue weighted by Gasteiger charge is -2.20. The van der Waals surface area contributed by atoms with Crippen LogP contribution in [0.25, 0.3) is 10.8 Å². The zero-order chi connectivity index (χ0) is 12.1. The van der Waals surface area contributed by atoms with Crippen molar-refractivity contribution >= 4 is 16.6 Å². The van der Waals surface area contributed by atoms with Gasteiger partial charge < -0.3 is 4.74 Å². The van der Waals surface area contributed by atoms with E-state index < -0.39 is 0 Å². The van der Waals surface area contributed by atoms with Gasteiger partial charge in [-0.15, -0.1) is 0 Å². The van der Waals surface area contributed by atoms with Crippen molar-refractivity contribution in [3.63, 3.8) is 0 Å². The molecule has 0 unspecified atom stereocenters. The average Bonchev–Trinajstić information content (AvgIpc) is 2.78. The van der Waals surface area contributed by atoms with Crippen molar-refractivity contribution in [1.29, 1.82) is 0 Å². The van der Waals surface area contributed by atoms with Crippen LogP contribution < -0.4 is 4.74 Å². The molecule has 0 atom stereocenters. The van der Waals surface area contributed by atoms with Crippen LogP contribution in [0.4, 0.5) is 0 Å². The van der Waals surface area contributed by atoms with Crippen LogP contribution in [0, 0.1) is 0 Å². The largest absolute Gasteiger partial charge is 0.461 e. The summed E-state index contributed by atoms with van der Waals surface area (Å²) in [6.45, 7) is 0. The van der Waals surface area contributed by atoms with Gasteiger partial charge in [0.2, 0.25) is 0 Å². The zero-order valence-electron chi connectivity index (χ0n) is 9.90. The summed E-state index contributed by atoms with van der Waals surface area (Å²) in [5.74, 6) is 2.06. The second-order valence-corrected chi connectivity index (χ2v) is 4.87. The van der Waals surface area contributed by atoms with Gasteiger partial charge in [-0.2, -0.15) is 0 Å². The van der Waals surface area contributed by atoms with E-state index in [0.29, 0.717) is 6.42 Å². The normalized spacial score (nSPS) is 17.7. The topological polar surface area (TPSA) is 26.3 Å². The Morgan fingerprint density at radius 2 is 1.89 bits per heavy atom. The number of hydrogen-bond donors (Lipinski definition) is 0. The molecule has 0 bridgehead atoms. The third-order valence-corrected chi connectivity index (χ3v) is 3.84. The Balaban J connectivity index is 1.94. The Kier molecular flexibility index (Phi) is 1.90. The van der Waals surface area contributed by atoms with E-state index in [1.807, 2.05) is 18.2 Å². The van der Waals surface area contributed by atoms with Crippen LogP contribution >= 0.6 is 0 Å².